The van der Waals surface area contributed by atoms with Crippen molar-refractivity contribution in [2.45, 2.75) is 6.42 Å². The van der Waals surface area contributed by atoms with E-state index in [-0.39, 0.29) is 0 Å². The maximum absolute atomic E-state index is 5.96. The number of halogens is 1. The van der Waals surface area contributed by atoms with Crippen LogP contribution in [0.4, 0.5) is 0 Å². The van der Waals surface area contributed by atoms with Crippen LogP contribution >= 0.6 is 11.6 Å². The standard InChI is InChI=1S/C12H14ClN3/c1-16-11(5-6-14)8-15-12(16)9-3-2-4-10(13)7-9/h2-4,7-8H,5-6,14H2,1H3. The van der Waals surface area contributed by atoms with Crippen molar-refractivity contribution in [3.8, 4) is 11.4 Å². The molecule has 2 N–H and O–H groups in total. The van der Waals surface area contributed by atoms with E-state index in [1.807, 2.05) is 37.5 Å². The molecule has 0 aliphatic rings. The van der Waals surface area contributed by atoms with E-state index in [9.17, 15) is 0 Å². The quantitative estimate of drug-likeness (QED) is 0.887. The summed E-state index contributed by atoms with van der Waals surface area (Å²) in [6.45, 7) is 0.633. The molecule has 1 aromatic heterocycles. The van der Waals surface area contributed by atoms with Crippen LogP contribution in [0.1, 0.15) is 5.69 Å². The molecule has 3 nitrogen and oxygen atoms in total. The van der Waals surface area contributed by atoms with Gasteiger partial charge in [-0.25, -0.2) is 4.98 Å². The lowest BCUT2D eigenvalue weighted by molar-refractivity contribution is 0.811. The Morgan fingerprint density at radius 1 is 1.44 bits per heavy atom. The molecule has 16 heavy (non-hydrogen) atoms. The largest absolute Gasteiger partial charge is 0.331 e. The van der Waals surface area contributed by atoms with E-state index in [0.29, 0.717) is 6.54 Å². The minimum absolute atomic E-state index is 0.633. The van der Waals surface area contributed by atoms with Crippen LogP contribution in [0.2, 0.25) is 5.02 Å². The van der Waals surface area contributed by atoms with Gasteiger partial charge in [0.1, 0.15) is 5.82 Å². The second-order valence-corrected chi connectivity index (χ2v) is 4.12. The van der Waals surface area contributed by atoms with Crippen LogP contribution in [0.3, 0.4) is 0 Å². The molecule has 2 aromatic rings. The molecular weight excluding hydrogens is 222 g/mol. The Morgan fingerprint density at radius 3 is 2.94 bits per heavy atom. The Bertz CT molecular complexity index is 491. The first-order valence-electron chi connectivity index (χ1n) is 5.19. The van der Waals surface area contributed by atoms with Gasteiger partial charge in [0.2, 0.25) is 0 Å². The fourth-order valence-corrected chi connectivity index (χ4v) is 1.91. The van der Waals surface area contributed by atoms with Crippen molar-refractivity contribution in [1.29, 1.82) is 0 Å². The van der Waals surface area contributed by atoms with Crippen LogP contribution in [0, 0.1) is 0 Å². The molecule has 4 heteroatoms. The summed E-state index contributed by atoms with van der Waals surface area (Å²) < 4.78 is 2.05. The third-order valence-corrected chi connectivity index (χ3v) is 2.80. The van der Waals surface area contributed by atoms with Crippen molar-refractivity contribution in [3.05, 3.63) is 41.2 Å². The minimum Gasteiger partial charge on any atom is -0.331 e. The van der Waals surface area contributed by atoms with E-state index in [1.165, 1.54) is 0 Å². The fraction of sp³-hybridized carbons (Fsp3) is 0.250. The normalized spacial score (nSPS) is 10.7. The number of rotatable bonds is 3. The topological polar surface area (TPSA) is 43.8 Å². The molecule has 0 atom stereocenters. The molecule has 0 spiro atoms. The molecule has 0 saturated carbocycles. The summed E-state index contributed by atoms with van der Waals surface area (Å²) in [5, 5.41) is 0.723. The molecule has 0 aliphatic carbocycles. The van der Waals surface area contributed by atoms with Gasteiger partial charge in [0.05, 0.1) is 0 Å². The second-order valence-electron chi connectivity index (χ2n) is 3.68. The molecule has 0 fully saturated rings. The number of hydrogen-bond acceptors (Lipinski definition) is 2. The molecule has 84 valence electrons. The van der Waals surface area contributed by atoms with Gasteiger partial charge in [0.25, 0.3) is 0 Å². The second kappa shape index (κ2) is 4.68. The third kappa shape index (κ3) is 2.10. The summed E-state index contributed by atoms with van der Waals surface area (Å²) in [6, 6.07) is 7.69. The zero-order valence-electron chi connectivity index (χ0n) is 9.15. The molecule has 1 heterocycles. The van der Waals surface area contributed by atoms with Gasteiger partial charge in [0, 0.05) is 35.9 Å². The van der Waals surface area contributed by atoms with Crippen LogP contribution < -0.4 is 5.73 Å². The van der Waals surface area contributed by atoms with Crippen molar-refractivity contribution in [3.63, 3.8) is 0 Å². The zero-order chi connectivity index (χ0) is 11.5. The first kappa shape index (κ1) is 11.2. The molecule has 0 amide bonds. The first-order valence-corrected chi connectivity index (χ1v) is 5.57. The SMILES string of the molecule is Cn1c(CCN)cnc1-c1cccc(Cl)c1. The lowest BCUT2D eigenvalue weighted by Gasteiger charge is -2.05. The summed E-state index contributed by atoms with van der Waals surface area (Å²) in [4.78, 5) is 4.39. The van der Waals surface area contributed by atoms with Gasteiger partial charge in [0.15, 0.2) is 0 Å². The Morgan fingerprint density at radius 2 is 2.25 bits per heavy atom. The van der Waals surface area contributed by atoms with Crippen LogP contribution in [0.5, 0.6) is 0 Å². The van der Waals surface area contributed by atoms with Crippen molar-refractivity contribution in [1.82, 2.24) is 9.55 Å². The number of aromatic nitrogens is 2. The van der Waals surface area contributed by atoms with Gasteiger partial charge in [-0.05, 0) is 18.7 Å². The minimum atomic E-state index is 0.633. The molecule has 2 rings (SSSR count). The number of nitrogens with zero attached hydrogens (tertiary/aromatic N) is 2. The summed E-state index contributed by atoms with van der Waals surface area (Å²) in [6.07, 6.45) is 2.70. The van der Waals surface area contributed by atoms with Crippen LogP contribution in [-0.4, -0.2) is 16.1 Å². The summed E-state index contributed by atoms with van der Waals surface area (Å²) in [7, 11) is 1.99. The number of hydrogen-bond donors (Lipinski definition) is 1. The van der Waals surface area contributed by atoms with Crippen LogP contribution in [0.25, 0.3) is 11.4 Å². The monoisotopic (exact) mass is 235 g/mol. The summed E-state index contributed by atoms with van der Waals surface area (Å²) in [5.41, 5.74) is 7.70. The zero-order valence-corrected chi connectivity index (χ0v) is 9.91. The average Bonchev–Trinajstić information content (AvgIpc) is 2.61. The molecule has 0 unspecified atom stereocenters. The molecule has 0 radical (unpaired) electrons. The number of nitrogens with two attached hydrogens (primary N) is 1. The highest BCUT2D eigenvalue weighted by atomic mass is 35.5. The Hall–Kier alpha value is -1.32. The van der Waals surface area contributed by atoms with Gasteiger partial charge in [-0.3, -0.25) is 0 Å². The van der Waals surface area contributed by atoms with Gasteiger partial charge >= 0.3 is 0 Å². The van der Waals surface area contributed by atoms with E-state index < -0.39 is 0 Å². The maximum atomic E-state index is 5.96. The van der Waals surface area contributed by atoms with E-state index >= 15 is 0 Å². The van der Waals surface area contributed by atoms with E-state index in [2.05, 4.69) is 9.55 Å². The molecule has 1 aromatic carbocycles. The lowest BCUT2D eigenvalue weighted by Crippen LogP contribution is -2.07. The van der Waals surface area contributed by atoms with Crippen molar-refractivity contribution >= 4 is 11.6 Å². The highest BCUT2D eigenvalue weighted by Gasteiger charge is 2.08. The van der Waals surface area contributed by atoms with Gasteiger partial charge < -0.3 is 10.3 Å². The highest BCUT2D eigenvalue weighted by Crippen LogP contribution is 2.21. The van der Waals surface area contributed by atoms with Gasteiger partial charge in [-0.1, -0.05) is 23.7 Å². The molecule has 0 saturated heterocycles. The lowest BCUT2D eigenvalue weighted by atomic mass is 10.2. The highest BCUT2D eigenvalue weighted by molar-refractivity contribution is 6.30. The molecule has 0 bridgehead atoms. The number of benzene rings is 1. The predicted molar refractivity (Wildman–Crippen MR) is 66.4 cm³/mol. The van der Waals surface area contributed by atoms with Crippen LogP contribution in [-0.2, 0) is 13.5 Å². The summed E-state index contributed by atoms with van der Waals surface area (Å²) in [5.74, 6) is 0.922. The summed E-state index contributed by atoms with van der Waals surface area (Å²) >= 11 is 5.96. The van der Waals surface area contributed by atoms with Gasteiger partial charge in [-0.15, -0.1) is 0 Å². The fourth-order valence-electron chi connectivity index (χ4n) is 1.72. The van der Waals surface area contributed by atoms with E-state index in [4.69, 9.17) is 17.3 Å². The maximum Gasteiger partial charge on any atom is 0.139 e. The van der Waals surface area contributed by atoms with E-state index in [0.717, 1.165) is 28.5 Å². The third-order valence-electron chi connectivity index (χ3n) is 2.57. The smallest absolute Gasteiger partial charge is 0.139 e. The molecule has 0 aliphatic heterocycles. The Balaban J connectivity index is 2.41. The molecular formula is C12H14ClN3. The van der Waals surface area contributed by atoms with Gasteiger partial charge in [-0.2, -0.15) is 0 Å². The Labute approximate surface area is 99.9 Å². The number of imidazole rings is 1. The predicted octanol–water partition coefficient (Wildman–Crippen LogP) is 2.24. The van der Waals surface area contributed by atoms with E-state index in [1.54, 1.807) is 0 Å². The first-order chi connectivity index (χ1) is 7.72. The Kier molecular flexibility index (Phi) is 3.27. The van der Waals surface area contributed by atoms with Crippen LogP contribution in [0.15, 0.2) is 30.5 Å². The average molecular weight is 236 g/mol. The van der Waals surface area contributed by atoms with Crippen molar-refractivity contribution in [2.24, 2.45) is 12.8 Å². The van der Waals surface area contributed by atoms with Crippen molar-refractivity contribution < 1.29 is 0 Å². The van der Waals surface area contributed by atoms with Crippen molar-refractivity contribution in [2.75, 3.05) is 6.54 Å².